The van der Waals surface area contributed by atoms with Gasteiger partial charge < -0.3 is 0 Å². The summed E-state index contributed by atoms with van der Waals surface area (Å²) in [6.45, 7) is 10.3. The largest absolute Gasteiger partial charge is 0.102 e. The van der Waals surface area contributed by atoms with E-state index in [4.69, 9.17) is 0 Å². The van der Waals surface area contributed by atoms with Crippen LogP contribution in [0, 0.1) is 12.8 Å². The normalized spacial score (nSPS) is 10.6. The van der Waals surface area contributed by atoms with Gasteiger partial charge in [-0.1, -0.05) is 44.5 Å². The molecule has 0 heterocycles. The Morgan fingerprint density at radius 3 is 2.64 bits per heavy atom. The second kappa shape index (κ2) is 4.99. The molecule has 75 valence electrons. The molecule has 0 N–H and O–H groups in total. The molecule has 0 heteroatoms. The molecule has 1 aromatic carbocycles. The van der Waals surface area contributed by atoms with Crippen LogP contribution in [-0.4, -0.2) is 0 Å². The number of benzene rings is 1. The van der Waals surface area contributed by atoms with Crippen molar-refractivity contribution in [3.05, 3.63) is 53.5 Å². The molecule has 0 saturated heterocycles. The highest BCUT2D eigenvalue weighted by Crippen LogP contribution is 2.19. The molecule has 0 saturated carbocycles. The number of hydrogen-bond acceptors (Lipinski definition) is 0. The van der Waals surface area contributed by atoms with E-state index in [1.54, 1.807) is 0 Å². The van der Waals surface area contributed by atoms with Crippen molar-refractivity contribution in [2.75, 3.05) is 0 Å². The van der Waals surface area contributed by atoms with Crippen LogP contribution in [0.4, 0.5) is 0 Å². The van der Waals surface area contributed by atoms with Crippen LogP contribution in [0.5, 0.6) is 0 Å². The van der Waals surface area contributed by atoms with Crippen molar-refractivity contribution in [3.8, 4) is 0 Å². The van der Waals surface area contributed by atoms with Gasteiger partial charge in [0.2, 0.25) is 0 Å². The lowest BCUT2D eigenvalue weighted by atomic mass is 9.95. The smallest absolute Gasteiger partial charge is 0.0230 e. The lowest BCUT2D eigenvalue weighted by Gasteiger charge is -2.10. The first-order chi connectivity index (χ1) is 6.69. The van der Waals surface area contributed by atoms with E-state index < -0.39 is 0 Å². The minimum atomic E-state index is 1.18. The summed E-state index contributed by atoms with van der Waals surface area (Å²) in [7, 11) is 0. The zero-order valence-electron chi connectivity index (χ0n) is 9.43. The van der Waals surface area contributed by atoms with Crippen LogP contribution in [0.2, 0.25) is 0 Å². The fourth-order valence-electron chi connectivity index (χ4n) is 1.61. The molecular formula is C14H19. The highest BCUT2D eigenvalue weighted by molar-refractivity contribution is 5.40. The predicted octanol–water partition coefficient (Wildman–Crippen LogP) is 4.08. The summed E-state index contributed by atoms with van der Waals surface area (Å²) in [6, 6.07) is 6.68. The van der Waals surface area contributed by atoms with Crippen molar-refractivity contribution in [1.82, 2.24) is 0 Å². The van der Waals surface area contributed by atoms with Gasteiger partial charge in [0.05, 0.1) is 0 Å². The van der Waals surface area contributed by atoms with E-state index in [0.717, 1.165) is 0 Å². The maximum atomic E-state index is 3.79. The monoisotopic (exact) mass is 187 g/mol. The van der Waals surface area contributed by atoms with Crippen LogP contribution >= 0.6 is 0 Å². The van der Waals surface area contributed by atoms with Crippen LogP contribution in [0.25, 0.3) is 0 Å². The summed E-state index contributed by atoms with van der Waals surface area (Å²) < 4.78 is 0. The standard InChI is InChI=1S/C14H19/c1-5-7-13-8-9-14(10-12(13)4)11(3)6-2/h6,8-10H,2,5,7H2,1,3-4H3. The average molecular weight is 187 g/mol. The highest BCUT2D eigenvalue weighted by Gasteiger charge is 2.03. The molecule has 0 nitrogen and oxygen atoms in total. The Labute approximate surface area is 87.7 Å². The second-order valence-corrected chi connectivity index (χ2v) is 3.78. The Kier molecular flexibility index (Phi) is 3.94. The highest BCUT2D eigenvalue weighted by atomic mass is 14.1. The Hall–Kier alpha value is -1.04. The summed E-state index contributed by atoms with van der Waals surface area (Å²) in [5, 5.41) is 0. The Morgan fingerprint density at radius 2 is 2.14 bits per heavy atom. The van der Waals surface area contributed by atoms with E-state index in [-0.39, 0.29) is 0 Å². The lowest BCUT2D eigenvalue weighted by molar-refractivity contribution is 0.911. The van der Waals surface area contributed by atoms with Crippen molar-refractivity contribution in [3.63, 3.8) is 0 Å². The molecule has 0 fully saturated rings. The van der Waals surface area contributed by atoms with Gasteiger partial charge in [0.1, 0.15) is 0 Å². The molecular weight excluding hydrogens is 168 g/mol. The summed E-state index contributed by atoms with van der Waals surface area (Å²) in [5.74, 6) is 1.25. The van der Waals surface area contributed by atoms with Crippen molar-refractivity contribution in [1.29, 1.82) is 0 Å². The van der Waals surface area contributed by atoms with E-state index in [9.17, 15) is 0 Å². The molecule has 0 aliphatic carbocycles. The second-order valence-electron chi connectivity index (χ2n) is 3.78. The lowest BCUT2D eigenvalue weighted by Crippen LogP contribution is -1.94. The van der Waals surface area contributed by atoms with E-state index >= 15 is 0 Å². The summed E-state index contributed by atoms with van der Waals surface area (Å²) in [6.07, 6.45) is 4.30. The quantitative estimate of drug-likeness (QED) is 0.666. The summed E-state index contributed by atoms with van der Waals surface area (Å²) >= 11 is 0. The van der Waals surface area contributed by atoms with Gasteiger partial charge in [-0.05, 0) is 30.0 Å². The minimum absolute atomic E-state index is 1.18. The molecule has 0 spiro atoms. The predicted molar refractivity (Wildman–Crippen MR) is 63.4 cm³/mol. The van der Waals surface area contributed by atoms with Crippen LogP contribution in [0.3, 0.4) is 0 Å². The van der Waals surface area contributed by atoms with Crippen LogP contribution in [-0.2, 0) is 6.42 Å². The Bertz CT molecular complexity index is 310. The molecule has 0 bridgehead atoms. The van der Waals surface area contributed by atoms with Crippen molar-refractivity contribution in [2.24, 2.45) is 0 Å². The maximum Gasteiger partial charge on any atom is 0.0230 e. The fraction of sp³-hybridized carbons (Fsp3) is 0.357. The molecule has 0 aromatic heterocycles. The van der Waals surface area contributed by atoms with Crippen LogP contribution < -0.4 is 0 Å². The number of allylic oxidation sites excluding steroid dienone is 1. The van der Waals surface area contributed by atoms with Crippen LogP contribution in [0.15, 0.2) is 30.9 Å². The van der Waals surface area contributed by atoms with Crippen molar-refractivity contribution < 1.29 is 0 Å². The van der Waals surface area contributed by atoms with Gasteiger partial charge in [0.15, 0.2) is 0 Å². The maximum absolute atomic E-state index is 3.79. The number of hydrogen-bond donors (Lipinski definition) is 0. The zero-order valence-corrected chi connectivity index (χ0v) is 9.43. The summed E-state index contributed by atoms with van der Waals surface area (Å²) in [5.41, 5.74) is 4.15. The average Bonchev–Trinajstić information content (AvgIpc) is 2.20. The van der Waals surface area contributed by atoms with Gasteiger partial charge in [-0.25, -0.2) is 0 Å². The summed E-state index contributed by atoms with van der Waals surface area (Å²) in [4.78, 5) is 0. The first-order valence-corrected chi connectivity index (χ1v) is 5.25. The van der Waals surface area contributed by atoms with Gasteiger partial charge in [-0.2, -0.15) is 0 Å². The molecule has 1 aromatic rings. The Balaban J connectivity index is 2.93. The molecule has 0 atom stereocenters. The van der Waals surface area contributed by atoms with E-state index in [1.807, 2.05) is 6.08 Å². The molecule has 0 amide bonds. The topological polar surface area (TPSA) is 0 Å². The van der Waals surface area contributed by atoms with Gasteiger partial charge >= 0.3 is 0 Å². The zero-order chi connectivity index (χ0) is 10.6. The van der Waals surface area contributed by atoms with Gasteiger partial charge in [0.25, 0.3) is 0 Å². The van der Waals surface area contributed by atoms with Crippen LogP contribution in [0.1, 0.15) is 37.0 Å². The number of aryl methyl sites for hydroxylation is 2. The molecule has 1 radical (unpaired) electrons. The molecule has 1 rings (SSSR count). The van der Waals surface area contributed by atoms with Crippen molar-refractivity contribution >= 4 is 0 Å². The van der Waals surface area contributed by atoms with E-state index in [2.05, 4.69) is 45.5 Å². The molecule has 0 unspecified atom stereocenters. The third-order valence-corrected chi connectivity index (χ3v) is 2.62. The third-order valence-electron chi connectivity index (χ3n) is 2.62. The van der Waals surface area contributed by atoms with Gasteiger partial charge in [-0.15, -0.1) is 6.58 Å². The first-order valence-electron chi connectivity index (χ1n) is 5.25. The van der Waals surface area contributed by atoms with Gasteiger partial charge in [0, 0.05) is 5.92 Å². The Morgan fingerprint density at radius 1 is 1.43 bits per heavy atom. The fourth-order valence-corrected chi connectivity index (χ4v) is 1.61. The SMILES string of the molecule is C=C[C](C)c1ccc(CCC)c(C)c1. The minimum Gasteiger partial charge on any atom is -0.102 e. The van der Waals surface area contributed by atoms with Gasteiger partial charge in [-0.3, -0.25) is 0 Å². The molecule has 0 aliphatic rings. The van der Waals surface area contributed by atoms with Crippen molar-refractivity contribution in [2.45, 2.75) is 33.6 Å². The van der Waals surface area contributed by atoms with E-state index in [1.165, 1.54) is 35.4 Å². The molecule has 0 aliphatic heterocycles. The number of rotatable bonds is 4. The third kappa shape index (κ3) is 2.47. The first kappa shape index (κ1) is 11.0. The molecule has 14 heavy (non-hydrogen) atoms. The van der Waals surface area contributed by atoms with E-state index in [0.29, 0.717) is 0 Å².